The Morgan fingerprint density at radius 1 is 0.974 bits per heavy atom. The maximum Gasteiger partial charge on any atom is 0.408 e. The lowest BCUT2D eigenvalue weighted by Crippen LogP contribution is -2.40. The summed E-state index contributed by atoms with van der Waals surface area (Å²) in [5.41, 5.74) is 1.75. The Morgan fingerprint density at radius 2 is 1.62 bits per heavy atom. The highest BCUT2D eigenvalue weighted by Crippen LogP contribution is 2.26. The topological polar surface area (TPSA) is 111 Å². The molecule has 1 amide bonds. The molecule has 0 saturated carbocycles. The van der Waals surface area contributed by atoms with Gasteiger partial charge in [-0.2, -0.15) is 8.42 Å². The summed E-state index contributed by atoms with van der Waals surface area (Å²) in [6, 6.07) is 21.5. The van der Waals surface area contributed by atoms with Crippen LogP contribution >= 0.6 is 0 Å². The van der Waals surface area contributed by atoms with Gasteiger partial charge in [-0.1, -0.05) is 72.3 Å². The van der Waals surface area contributed by atoms with E-state index in [1.165, 1.54) is 30.3 Å². The van der Waals surface area contributed by atoms with Crippen LogP contribution in [0.3, 0.4) is 0 Å². The number of benzene rings is 3. The molecule has 0 aromatic heterocycles. The predicted octanol–water partition coefficient (Wildman–Crippen LogP) is 5.46. The van der Waals surface area contributed by atoms with Gasteiger partial charge in [0.15, 0.2) is 0 Å². The van der Waals surface area contributed by atoms with Gasteiger partial charge in [-0.25, -0.2) is 4.79 Å². The monoisotopic (exact) mass is 553 g/mol. The van der Waals surface area contributed by atoms with Crippen LogP contribution in [0.4, 0.5) is 4.79 Å². The van der Waals surface area contributed by atoms with E-state index in [1.54, 1.807) is 51.1 Å². The van der Waals surface area contributed by atoms with Crippen LogP contribution in [0.1, 0.15) is 43.5 Å². The van der Waals surface area contributed by atoms with E-state index in [1.807, 2.05) is 37.3 Å². The third kappa shape index (κ3) is 9.55. The molecule has 3 aromatic carbocycles. The van der Waals surface area contributed by atoms with Crippen LogP contribution in [0.15, 0.2) is 95.9 Å². The zero-order valence-corrected chi connectivity index (χ0v) is 23.4. The summed E-state index contributed by atoms with van der Waals surface area (Å²) in [7, 11) is -4.02. The van der Waals surface area contributed by atoms with Crippen molar-refractivity contribution < 1.29 is 32.0 Å². The van der Waals surface area contributed by atoms with Crippen molar-refractivity contribution in [3.63, 3.8) is 0 Å². The SMILES string of the molecule is Cc1ccc(S(=O)(=O)Oc2ccc([C@@H](NC(=O)OC(C)(C)C)[C@H](/C=C/CO)OCc3ccccc3)cc2)cc1. The summed E-state index contributed by atoms with van der Waals surface area (Å²) in [6.07, 6.45) is 1.86. The van der Waals surface area contributed by atoms with Gasteiger partial charge in [0.05, 0.1) is 19.3 Å². The van der Waals surface area contributed by atoms with Crippen molar-refractivity contribution in [2.45, 2.75) is 56.9 Å². The van der Waals surface area contributed by atoms with Gasteiger partial charge in [0.25, 0.3) is 0 Å². The Hall–Kier alpha value is -3.66. The van der Waals surface area contributed by atoms with Gasteiger partial charge >= 0.3 is 16.2 Å². The number of ether oxygens (including phenoxy) is 2. The number of aliphatic hydroxyl groups excluding tert-OH is 1. The number of aliphatic hydroxyl groups is 1. The summed E-state index contributed by atoms with van der Waals surface area (Å²) in [6.45, 7) is 7.19. The molecule has 0 radical (unpaired) electrons. The largest absolute Gasteiger partial charge is 0.444 e. The third-order valence-electron chi connectivity index (χ3n) is 5.47. The van der Waals surface area contributed by atoms with E-state index in [0.29, 0.717) is 5.56 Å². The molecule has 9 heteroatoms. The van der Waals surface area contributed by atoms with Crippen LogP contribution < -0.4 is 9.50 Å². The van der Waals surface area contributed by atoms with Gasteiger partial charge in [-0.3, -0.25) is 0 Å². The number of amides is 1. The van der Waals surface area contributed by atoms with Crippen LogP contribution in [0, 0.1) is 6.92 Å². The Balaban J connectivity index is 1.87. The van der Waals surface area contributed by atoms with Gasteiger partial charge < -0.3 is 24.1 Å². The molecule has 0 aliphatic heterocycles. The second kappa shape index (κ2) is 13.4. The quantitative estimate of drug-likeness (QED) is 0.240. The number of carbonyl (C=O) groups excluding carboxylic acids is 1. The summed E-state index contributed by atoms with van der Waals surface area (Å²) >= 11 is 0. The van der Waals surface area contributed by atoms with Crippen LogP contribution in [-0.4, -0.2) is 37.9 Å². The third-order valence-corrected chi connectivity index (χ3v) is 6.73. The molecule has 0 spiro atoms. The molecule has 0 saturated heterocycles. The summed E-state index contributed by atoms with van der Waals surface area (Å²) < 4.78 is 42.4. The van der Waals surface area contributed by atoms with Crippen LogP contribution in [-0.2, 0) is 26.2 Å². The van der Waals surface area contributed by atoms with Crippen molar-refractivity contribution in [3.8, 4) is 5.75 Å². The van der Waals surface area contributed by atoms with Crippen molar-refractivity contribution in [2.24, 2.45) is 0 Å². The molecule has 0 fully saturated rings. The fraction of sp³-hybridized carbons (Fsp3) is 0.300. The fourth-order valence-corrected chi connectivity index (χ4v) is 4.55. The zero-order valence-electron chi connectivity index (χ0n) is 22.5. The number of hydrogen-bond acceptors (Lipinski definition) is 7. The van der Waals surface area contributed by atoms with Gasteiger partial charge in [0.1, 0.15) is 22.4 Å². The second-order valence-electron chi connectivity index (χ2n) is 9.92. The smallest absolute Gasteiger partial charge is 0.408 e. The molecule has 0 unspecified atom stereocenters. The first-order valence-corrected chi connectivity index (χ1v) is 13.9. The number of alkyl carbamates (subject to hydrolysis) is 1. The molecule has 39 heavy (non-hydrogen) atoms. The highest BCUT2D eigenvalue weighted by atomic mass is 32.2. The highest BCUT2D eigenvalue weighted by molar-refractivity contribution is 7.87. The zero-order chi connectivity index (χ0) is 28.5. The van der Waals surface area contributed by atoms with Crippen LogP contribution in [0.25, 0.3) is 0 Å². The van der Waals surface area contributed by atoms with E-state index in [2.05, 4.69) is 5.32 Å². The minimum atomic E-state index is -4.02. The van der Waals surface area contributed by atoms with E-state index in [9.17, 15) is 18.3 Å². The molecular formula is C30H35NO7S. The minimum absolute atomic E-state index is 0.0464. The first-order chi connectivity index (χ1) is 18.5. The number of aryl methyl sites for hydroxylation is 1. The number of carbonyl (C=O) groups is 1. The number of rotatable bonds is 11. The van der Waals surface area contributed by atoms with E-state index in [-0.39, 0.29) is 23.9 Å². The minimum Gasteiger partial charge on any atom is -0.444 e. The Morgan fingerprint density at radius 3 is 2.21 bits per heavy atom. The maximum absolute atomic E-state index is 12.8. The van der Waals surface area contributed by atoms with E-state index in [0.717, 1.165) is 11.1 Å². The summed E-state index contributed by atoms with van der Waals surface area (Å²) in [5, 5.41) is 12.3. The second-order valence-corrected chi connectivity index (χ2v) is 11.5. The average Bonchev–Trinajstić information content (AvgIpc) is 2.88. The molecule has 3 aromatic rings. The van der Waals surface area contributed by atoms with Gasteiger partial charge in [-0.15, -0.1) is 0 Å². The lowest BCUT2D eigenvalue weighted by atomic mass is 10.0. The Kier molecular flexibility index (Phi) is 10.3. The molecule has 2 atom stereocenters. The van der Waals surface area contributed by atoms with Crippen LogP contribution in [0.2, 0.25) is 0 Å². The van der Waals surface area contributed by atoms with Gasteiger partial charge in [-0.05, 0) is 63.1 Å². The lowest BCUT2D eigenvalue weighted by molar-refractivity contribution is 0.0258. The van der Waals surface area contributed by atoms with E-state index in [4.69, 9.17) is 13.7 Å². The summed E-state index contributed by atoms with van der Waals surface area (Å²) in [4.78, 5) is 12.8. The molecule has 0 aliphatic rings. The number of hydrogen-bond donors (Lipinski definition) is 2. The standard InChI is InChI=1S/C30H35NO7S/c1-22-12-18-26(19-13-22)39(34,35)38-25-16-14-24(15-17-25)28(31-29(33)37-30(2,3)4)27(11-8-20-32)36-21-23-9-6-5-7-10-23/h5-19,27-28,32H,20-21H2,1-4H3,(H,31,33)/b11-8+/t27-,28+/m0/s1. The van der Waals surface area contributed by atoms with E-state index < -0.39 is 34.0 Å². The number of nitrogens with one attached hydrogen (secondary N) is 1. The normalized spacial score (nSPS) is 13.6. The molecule has 0 aliphatic carbocycles. The maximum atomic E-state index is 12.8. The molecule has 208 valence electrons. The van der Waals surface area contributed by atoms with Crippen molar-refractivity contribution in [1.82, 2.24) is 5.32 Å². The first-order valence-electron chi connectivity index (χ1n) is 12.5. The van der Waals surface area contributed by atoms with Crippen molar-refractivity contribution in [1.29, 1.82) is 0 Å². The Bertz CT molecular complexity index is 1330. The molecule has 2 N–H and O–H groups in total. The molecule has 3 rings (SSSR count). The Labute approximate surface area is 230 Å². The van der Waals surface area contributed by atoms with Crippen LogP contribution in [0.5, 0.6) is 5.75 Å². The molecular weight excluding hydrogens is 518 g/mol. The predicted molar refractivity (Wildman–Crippen MR) is 149 cm³/mol. The highest BCUT2D eigenvalue weighted by Gasteiger charge is 2.27. The lowest BCUT2D eigenvalue weighted by Gasteiger charge is -2.28. The molecule has 8 nitrogen and oxygen atoms in total. The van der Waals surface area contributed by atoms with Gasteiger partial charge in [0, 0.05) is 0 Å². The van der Waals surface area contributed by atoms with Crippen molar-refractivity contribution >= 4 is 16.2 Å². The van der Waals surface area contributed by atoms with Gasteiger partial charge in [0.2, 0.25) is 0 Å². The fourth-order valence-electron chi connectivity index (χ4n) is 3.62. The van der Waals surface area contributed by atoms with Crippen molar-refractivity contribution in [2.75, 3.05) is 6.61 Å². The average molecular weight is 554 g/mol. The summed E-state index contributed by atoms with van der Waals surface area (Å²) in [5.74, 6) is 0.114. The molecule has 0 heterocycles. The first kappa shape index (κ1) is 29.9. The van der Waals surface area contributed by atoms with Crippen molar-refractivity contribution in [3.05, 3.63) is 108 Å². The molecule has 0 bridgehead atoms. The van der Waals surface area contributed by atoms with E-state index >= 15 is 0 Å².